The van der Waals surface area contributed by atoms with Gasteiger partial charge in [0, 0.05) is 12.2 Å². The zero-order valence-corrected chi connectivity index (χ0v) is 10.5. The molecule has 3 rings (SSSR count). The minimum Gasteiger partial charge on any atom is -0.350 e. The summed E-state index contributed by atoms with van der Waals surface area (Å²) in [4.78, 5) is 4.41. The second-order valence-electron chi connectivity index (χ2n) is 4.62. The van der Waals surface area contributed by atoms with Crippen LogP contribution < -0.4 is 5.32 Å². The lowest BCUT2D eigenvalue weighted by Gasteiger charge is -1.98. The molecule has 2 aromatic rings. The molecule has 0 saturated heterocycles. The number of hydrogen-bond donors (Lipinski definition) is 1. The third-order valence-corrected chi connectivity index (χ3v) is 3.42. The van der Waals surface area contributed by atoms with Crippen LogP contribution in [0.4, 0.5) is 5.95 Å². The molecule has 1 fully saturated rings. The quantitative estimate of drug-likeness (QED) is 0.907. The minimum atomic E-state index is 0.558. The summed E-state index contributed by atoms with van der Waals surface area (Å²) in [6.07, 6.45) is 5.55. The highest BCUT2D eigenvalue weighted by molar-refractivity contribution is 6.30. The largest absolute Gasteiger partial charge is 0.350 e. The maximum absolute atomic E-state index is 5.90. The highest BCUT2D eigenvalue weighted by Gasteiger charge is 2.36. The molecule has 2 heterocycles. The van der Waals surface area contributed by atoms with E-state index in [-0.39, 0.29) is 0 Å². The Bertz CT molecular complexity index is 536. The van der Waals surface area contributed by atoms with Crippen LogP contribution in [0, 0.1) is 5.92 Å². The van der Waals surface area contributed by atoms with Crippen molar-refractivity contribution in [1.82, 2.24) is 14.6 Å². The van der Waals surface area contributed by atoms with Crippen molar-refractivity contribution in [3.8, 4) is 0 Å². The van der Waals surface area contributed by atoms with Crippen LogP contribution in [0.25, 0.3) is 5.65 Å². The van der Waals surface area contributed by atoms with E-state index in [2.05, 4.69) is 22.3 Å². The summed E-state index contributed by atoms with van der Waals surface area (Å²) in [7, 11) is 0. The third kappa shape index (κ3) is 2.22. The number of halogens is 1. The van der Waals surface area contributed by atoms with Gasteiger partial charge in [0.1, 0.15) is 0 Å². The molecule has 17 heavy (non-hydrogen) atoms. The van der Waals surface area contributed by atoms with E-state index in [1.807, 2.05) is 12.1 Å². The maximum Gasteiger partial charge on any atom is 0.243 e. The van der Waals surface area contributed by atoms with Gasteiger partial charge < -0.3 is 5.32 Å². The van der Waals surface area contributed by atoms with Crippen molar-refractivity contribution in [3.63, 3.8) is 0 Å². The van der Waals surface area contributed by atoms with Crippen LogP contribution >= 0.6 is 11.6 Å². The predicted molar refractivity (Wildman–Crippen MR) is 68.4 cm³/mol. The topological polar surface area (TPSA) is 42.2 Å². The van der Waals surface area contributed by atoms with Crippen LogP contribution in [0.1, 0.15) is 26.2 Å². The molecule has 0 amide bonds. The van der Waals surface area contributed by atoms with Gasteiger partial charge in [0.25, 0.3) is 0 Å². The fourth-order valence-electron chi connectivity index (χ4n) is 2.20. The van der Waals surface area contributed by atoms with Gasteiger partial charge in [-0.05, 0) is 30.9 Å². The molecule has 4 nitrogen and oxygen atoms in total. The smallest absolute Gasteiger partial charge is 0.243 e. The normalized spacial score (nSPS) is 22.9. The number of hydrogen-bond acceptors (Lipinski definition) is 3. The lowest BCUT2D eigenvalue weighted by Crippen LogP contribution is -2.06. The molecule has 5 heteroatoms. The molecule has 0 aliphatic heterocycles. The van der Waals surface area contributed by atoms with Gasteiger partial charge in [-0.3, -0.25) is 0 Å². The van der Waals surface area contributed by atoms with E-state index in [1.54, 1.807) is 10.7 Å². The van der Waals surface area contributed by atoms with Gasteiger partial charge in [-0.2, -0.15) is 4.98 Å². The van der Waals surface area contributed by atoms with Crippen molar-refractivity contribution in [2.75, 3.05) is 5.32 Å². The second kappa shape index (κ2) is 4.18. The van der Waals surface area contributed by atoms with Crippen LogP contribution in [0.2, 0.25) is 5.02 Å². The zero-order valence-electron chi connectivity index (χ0n) is 9.73. The van der Waals surface area contributed by atoms with Gasteiger partial charge in [-0.1, -0.05) is 24.9 Å². The average molecular weight is 251 g/mol. The third-order valence-electron chi connectivity index (χ3n) is 3.19. The number of nitrogens with zero attached hydrogens (tertiary/aromatic N) is 3. The van der Waals surface area contributed by atoms with Crippen LogP contribution in [0.3, 0.4) is 0 Å². The number of pyridine rings is 1. The van der Waals surface area contributed by atoms with Gasteiger partial charge in [0.05, 0.1) is 5.02 Å². The van der Waals surface area contributed by atoms with Crippen LogP contribution in [0.5, 0.6) is 0 Å². The summed E-state index contributed by atoms with van der Waals surface area (Å²) >= 11 is 5.90. The second-order valence-corrected chi connectivity index (χ2v) is 5.06. The zero-order chi connectivity index (χ0) is 11.8. The van der Waals surface area contributed by atoms with Crippen molar-refractivity contribution in [2.45, 2.75) is 32.2 Å². The molecular weight excluding hydrogens is 236 g/mol. The lowest BCUT2D eigenvalue weighted by molar-refractivity contribution is 0.691. The number of aromatic nitrogens is 3. The van der Waals surface area contributed by atoms with Crippen molar-refractivity contribution in [2.24, 2.45) is 5.92 Å². The monoisotopic (exact) mass is 250 g/mol. The van der Waals surface area contributed by atoms with Gasteiger partial charge in [0.2, 0.25) is 5.95 Å². The van der Waals surface area contributed by atoms with E-state index in [0.717, 1.165) is 11.6 Å². The average Bonchev–Trinajstić information content (AvgIpc) is 2.88. The number of fused-ring (bicyclic) bond motifs is 1. The summed E-state index contributed by atoms with van der Waals surface area (Å²) < 4.78 is 1.71. The van der Waals surface area contributed by atoms with E-state index in [1.165, 1.54) is 19.3 Å². The molecular formula is C12H15ClN4. The SMILES string of the molecule is CCCC1CC1Nc1nc2ccc(Cl)cn2n1. The summed E-state index contributed by atoms with van der Waals surface area (Å²) in [5.41, 5.74) is 0.824. The molecule has 0 radical (unpaired) electrons. The predicted octanol–water partition coefficient (Wildman–Crippen LogP) is 2.98. The first kappa shape index (κ1) is 10.8. The summed E-state index contributed by atoms with van der Waals surface area (Å²) in [5.74, 6) is 1.51. The van der Waals surface area contributed by atoms with Gasteiger partial charge >= 0.3 is 0 Å². The van der Waals surface area contributed by atoms with Crippen molar-refractivity contribution in [1.29, 1.82) is 0 Å². The number of anilines is 1. The molecule has 0 bridgehead atoms. The Morgan fingerprint density at radius 2 is 2.41 bits per heavy atom. The fraction of sp³-hybridized carbons (Fsp3) is 0.500. The van der Waals surface area contributed by atoms with E-state index in [0.29, 0.717) is 17.0 Å². The Morgan fingerprint density at radius 3 is 3.24 bits per heavy atom. The van der Waals surface area contributed by atoms with Crippen LogP contribution in [0.15, 0.2) is 18.3 Å². The molecule has 2 atom stereocenters. The van der Waals surface area contributed by atoms with Crippen molar-refractivity contribution in [3.05, 3.63) is 23.4 Å². The summed E-state index contributed by atoms with van der Waals surface area (Å²) in [6, 6.07) is 4.26. The Morgan fingerprint density at radius 1 is 1.53 bits per heavy atom. The Balaban J connectivity index is 1.74. The van der Waals surface area contributed by atoms with E-state index < -0.39 is 0 Å². The fourth-order valence-corrected chi connectivity index (χ4v) is 2.35. The molecule has 2 aromatic heterocycles. The first-order valence-corrected chi connectivity index (χ1v) is 6.42. The highest BCUT2D eigenvalue weighted by Crippen LogP contribution is 2.36. The first-order chi connectivity index (χ1) is 8.26. The van der Waals surface area contributed by atoms with Gasteiger partial charge in [-0.25, -0.2) is 4.52 Å². The van der Waals surface area contributed by atoms with E-state index in [9.17, 15) is 0 Å². The van der Waals surface area contributed by atoms with Gasteiger partial charge in [-0.15, -0.1) is 5.10 Å². The maximum atomic E-state index is 5.90. The van der Waals surface area contributed by atoms with E-state index in [4.69, 9.17) is 11.6 Å². The van der Waals surface area contributed by atoms with E-state index >= 15 is 0 Å². The minimum absolute atomic E-state index is 0.558. The molecule has 0 aromatic carbocycles. The van der Waals surface area contributed by atoms with Crippen LogP contribution in [-0.4, -0.2) is 20.6 Å². The highest BCUT2D eigenvalue weighted by atomic mass is 35.5. The summed E-state index contributed by atoms with van der Waals surface area (Å²) in [6.45, 7) is 2.22. The molecule has 1 aliphatic rings. The summed E-state index contributed by atoms with van der Waals surface area (Å²) in [5, 5.41) is 8.40. The first-order valence-electron chi connectivity index (χ1n) is 6.04. The molecule has 0 spiro atoms. The molecule has 1 aliphatic carbocycles. The molecule has 90 valence electrons. The molecule has 1 N–H and O–H groups in total. The van der Waals surface area contributed by atoms with Gasteiger partial charge in [0.15, 0.2) is 5.65 Å². The number of nitrogens with one attached hydrogen (secondary N) is 1. The molecule has 1 saturated carbocycles. The Kier molecular flexibility index (Phi) is 2.67. The number of rotatable bonds is 4. The van der Waals surface area contributed by atoms with Crippen molar-refractivity contribution >= 4 is 23.2 Å². The lowest BCUT2D eigenvalue weighted by atomic mass is 10.2. The Hall–Kier alpha value is -1.29. The standard InChI is InChI=1S/C12H15ClN4/c1-2-3-8-6-10(8)14-12-15-11-5-4-9(13)7-17(11)16-12/h4-5,7-8,10H,2-3,6H2,1H3,(H,14,16). The Labute approximate surface area is 105 Å². The molecule has 2 unspecified atom stereocenters. The van der Waals surface area contributed by atoms with Crippen molar-refractivity contribution < 1.29 is 0 Å². The van der Waals surface area contributed by atoms with Crippen LogP contribution in [-0.2, 0) is 0 Å².